The number of hydrogen-bond donors (Lipinski definition) is 1. The lowest BCUT2D eigenvalue weighted by Crippen LogP contribution is -2.19. The molecule has 0 aromatic heterocycles. The van der Waals surface area contributed by atoms with Crippen molar-refractivity contribution in [2.75, 3.05) is 0 Å². The number of rotatable bonds is 1. The predicted octanol–water partition coefficient (Wildman–Crippen LogP) is 2.93. The highest BCUT2D eigenvalue weighted by Gasteiger charge is 2.39. The first-order valence-corrected chi connectivity index (χ1v) is 5.32. The molecule has 1 saturated carbocycles. The molecule has 1 nitrogen and oxygen atoms in total. The van der Waals surface area contributed by atoms with E-state index in [1.165, 1.54) is 11.1 Å². The second-order valence-electron chi connectivity index (χ2n) is 5.48. The van der Waals surface area contributed by atoms with Crippen molar-refractivity contribution in [1.82, 2.24) is 0 Å². The number of benzene rings is 1. The van der Waals surface area contributed by atoms with Gasteiger partial charge in [0.25, 0.3) is 0 Å². The summed E-state index contributed by atoms with van der Waals surface area (Å²) in [5.74, 6) is 0. The summed E-state index contributed by atoms with van der Waals surface area (Å²) in [6.07, 6.45) is 2.28. The fourth-order valence-electron chi connectivity index (χ4n) is 1.73. The molecule has 1 heteroatoms. The Balaban J connectivity index is 2.27. The Kier molecular flexibility index (Phi) is 1.97. The van der Waals surface area contributed by atoms with Gasteiger partial charge < -0.3 is 5.73 Å². The van der Waals surface area contributed by atoms with E-state index in [0.717, 1.165) is 12.8 Å². The van der Waals surface area contributed by atoms with E-state index in [9.17, 15) is 0 Å². The predicted molar refractivity (Wildman–Crippen MR) is 60.2 cm³/mol. The van der Waals surface area contributed by atoms with Crippen molar-refractivity contribution in [3.63, 3.8) is 0 Å². The van der Waals surface area contributed by atoms with Crippen LogP contribution in [0.4, 0.5) is 0 Å². The SMILES string of the molecule is CC(C)(C)c1ccc(C2(N)CC2)cc1. The van der Waals surface area contributed by atoms with Crippen LogP contribution in [0.1, 0.15) is 44.7 Å². The topological polar surface area (TPSA) is 26.0 Å². The van der Waals surface area contributed by atoms with Crippen LogP contribution in [0, 0.1) is 0 Å². The van der Waals surface area contributed by atoms with Crippen molar-refractivity contribution >= 4 is 0 Å². The lowest BCUT2D eigenvalue weighted by atomic mass is 9.86. The summed E-state index contributed by atoms with van der Waals surface area (Å²) in [6, 6.07) is 8.80. The van der Waals surface area contributed by atoms with Crippen LogP contribution in [0.2, 0.25) is 0 Å². The van der Waals surface area contributed by atoms with Gasteiger partial charge >= 0.3 is 0 Å². The molecular formula is C13H19N. The van der Waals surface area contributed by atoms with E-state index in [1.54, 1.807) is 0 Å². The molecule has 0 unspecified atom stereocenters. The standard InChI is InChI=1S/C13H19N/c1-12(2,3)10-4-6-11(7-5-10)13(14)8-9-13/h4-7H,8-9,14H2,1-3H3. The molecule has 14 heavy (non-hydrogen) atoms. The van der Waals surface area contributed by atoms with Gasteiger partial charge in [-0.1, -0.05) is 45.0 Å². The fraction of sp³-hybridized carbons (Fsp3) is 0.538. The fourth-order valence-corrected chi connectivity index (χ4v) is 1.73. The quantitative estimate of drug-likeness (QED) is 0.722. The molecule has 2 N–H and O–H groups in total. The second kappa shape index (κ2) is 2.83. The molecule has 0 heterocycles. The molecule has 1 aromatic rings. The van der Waals surface area contributed by atoms with Crippen LogP contribution in [0.3, 0.4) is 0 Å². The normalized spacial score (nSPS) is 19.4. The third-order valence-electron chi connectivity index (χ3n) is 3.11. The van der Waals surface area contributed by atoms with E-state index in [2.05, 4.69) is 45.0 Å². The first kappa shape index (κ1) is 9.72. The van der Waals surface area contributed by atoms with Crippen LogP contribution in [0.5, 0.6) is 0 Å². The summed E-state index contributed by atoms with van der Waals surface area (Å²) < 4.78 is 0. The first-order chi connectivity index (χ1) is 6.42. The Morgan fingerprint density at radius 2 is 1.57 bits per heavy atom. The molecule has 2 rings (SSSR count). The summed E-state index contributed by atoms with van der Waals surface area (Å²) in [6.45, 7) is 6.70. The first-order valence-electron chi connectivity index (χ1n) is 5.32. The van der Waals surface area contributed by atoms with E-state index in [-0.39, 0.29) is 11.0 Å². The van der Waals surface area contributed by atoms with Crippen LogP contribution < -0.4 is 5.73 Å². The maximum atomic E-state index is 6.13. The van der Waals surface area contributed by atoms with E-state index >= 15 is 0 Å². The van der Waals surface area contributed by atoms with Crippen molar-refractivity contribution in [1.29, 1.82) is 0 Å². The van der Waals surface area contributed by atoms with Gasteiger partial charge in [0.1, 0.15) is 0 Å². The zero-order chi connectivity index (χ0) is 10.4. The van der Waals surface area contributed by atoms with Crippen molar-refractivity contribution in [3.8, 4) is 0 Å². The molecule has 1 aliphatic carbocycles. The van der Waals surface area contributed by atoms with Crippen LogP contribution in [-0.4, -0.2) is 0 Å². The molecule has 0 spiro atoms. The lowest BCUT2D eigenvalue weighted by Gasteiger charge is -2.20. The summed E-state index contributed by atoms with van der Waals surface area (Å²) >= 11 is 0. The van der Waals surface area contributed by atoms with Gasteiger partial charge in [-0.05, 0) is 29.4 Å². The molecule has 76 valence electrons. The molecule has 0 saturated heterocycles. The van der Waals surface area contributed by atoms with Gasteiger partial charge in [0.15, 0.2) is 0 Å². The monoisotopic (exact) mass is 189 g/mol. The average Bonchev–Trinajstić information content (AvgIpc) is 2.84. The maximum Gasteiger partial charge on any atom is 0.0411 e. The highest BCUT2D eigenvalue weighted by atomic mass is 14.8. The molecule has 1 fully saturated rings. The largest absolute Gasteiger partial charge is 0.321 e. The zero-order valence-corrected chi connectivity index (χ0v) is 9.30. The number of hydrogen-bond acceptors (Lipinski definition) is 1. The van der Waals surface area contributed by atoms with Crippen molar-refractivity contribution in [2.45, 2.75) is 44.6 Å². The van der Waals surface area contributed by atoms with Crippen molar-refractivity contribution in [3.05, 3.63) is 35.4 Å². The van der Waals surface area contributed by atoms with Crippen LogP contribution >= 0.6 is 0 Å². The maximum absolute atomic E-state index is 6.13. The van der Waals surface area contributed by atoms with E-state index < -0.39 is 0 Å². The van der Waals surface area contributed by atoms with Crippen LogP contribution in [-0.2, 0) is 11.0 Å². The Morgan fingerprint density at radius 1 is 1.07 bits per heavy atom. The Morgan fingerprint density at radius 3 is 1.93 bits per heavy atom. The van der Waals surface area contributed by atoms with Gasteiger partial charge in [-0.2, -0.15) is 0 Å². The smallest absolute Gasteiger partial charge is 0.0411 e. The Bertz CT molecular complexity index is 301. The highest BCUT2D eigenvalue weighted by Crippen LogP contribution is 2.42. The van der Waals surface area contributed by atoms with Gasteiger partial charge in [0.05, 0.1) is 0 Å². The zero-order valence-electron chi connectivity index (χ0n) is 9.30. The molecule has 0 atom stereocenters. The summed E-state index contributed by atoms with van der Waals surface area (Å²) in [4.78, 5) is 0. The third-order valence-corrected chi connectivity index (χ3v) is 3.11. The molecule has 1 aromatic carbocycles. The minimum Gasteiger partial charge on any atom is -0.321 e. The third kappa shape index (κ3) is 1.69. The molecule has 0 bridgehead atoms. The van der Waals surface area contributed by atoms with Crippen LogP contribution in [0.15, 0.2) is 24.3 Å². The molecule has 0 radical (unpaired) electrons. The Hall–Kier alpha value is -0.820. The number of nitrogens with two attached hydrogens (primary N) is 1. The highest BCUT2D eigenvalue weighted by molar-refractivity contribution is 5.34. The molecule has 1 aliphatic rings. The van der Waals surface area contributed by atoms with Gasteiger partial charge in [0, 0.05) is 5.54 Å². The summed E-state index contributed by atoms with van der Waals surface area (Å²) in [5, 5.41) is 0. The van der Waals surface area contributed by atoms with Crippen molar-refractivity contribution in [2.24, 2.45) is 5.73 Å². The van der Waals surface area contributed by atoms with Crippen LogP contribution in [0.25, 0.3) is 0 Å². The van der Waals surface area contributed by atoms with E-state index in [0.29, 0.717) is 0 Å². The minimum absolute atomic E-state index is 0.0103. The van der Waals surface area contributed by atoms with Crippen molar-refractivity contribution < 1.29 is 0 Å². The van der Waals surface area contributed by atoms with Gasteiger partial charge in [-0.15, -0.1) is 0 Å². The van der Waals surface area contributed by atoms with Gasteiger partial charge in [-0.25, -0.2) is 0 Å². The minimum atomic E-state index is 0.0103. The molecular weight excluding hydrogens is 170 g/mol. The Labute approximate surface area is 86.3 Å². The van der Waals surface area contributed by atoms with E-state index in [1.807, 2.05) is 0 Å². The second-order valence-corrected chi connectivity index (χ2v) is 5.48. The summed E-state index contributed by atoms with van der Waals surface area (Å²) in [5.41, 5.74) is 9.05. The summed E-state index contributed by atoms with van der Waals surface area (Å²) in [7, 11) is 0. The van der Waals surface area contributed by atoms with E-state index in [4.69, 9.17) is 5.73 Å². The van der Waals surface area contributed by atoms with Gasteiger partial charge in [-0.3, -0.25) is 0 Å². The molecule has 0 aliphatic heterocycles. The average molecular weight is 189 g/mol. The lowest BCUT2D eigenvalue weighted by molar-refractivity contribution is 0.589. The van der Waals surface area contributed by atoms with Gasteiger partial charge in [0.2, 0.25) is 0 Å². The molecule has 0 amide bonds.